The SMILES string of the molecule is CCCCC[C@@H](C[C@@H](CCc1cc(CC2=CCNC(NCNC)=C2)c(O)c(OC)c1)OC(C)=O)OC(C)=O. The number of benzene rings is 1. The number of methoxy groups -OCH3 is 1. The number of phenols is 1. The molecule has 0 amide bonds. The minimum absolute atomic E-state index is 0.121. The van der Waals surface area contributed by atoms with E-state index in [9.17, 15) is 14.7 Å². The molecule has 9 nitrogen and oxygen atoms in total. The number of carbonyl (C=O) groups is 2. The number of aryl methyl sites for hydroxylation is 1. The fraction of sp³-hybridized carbons (Fsp3) is 0.586. The van der Waals surface area contributed by atoms with Crippen molar-refractivity contribution in [3.05, 3.63) is 46.8 Å². The molecule has 0 saturated heterocycles. The Morgan fingerprint density at radius 1 is 1.11 bits per heavy atom. The van der Waals surface area contributed by atoms with E-state index in [-0.39, 0.29) is 23.8 Å². The third kappa shape index (κ3) is 11.0. The molecule has 0 fully saturated rings. The standard InChI is InChI=1S/C29H45N3O6/c1-6-7-8-9-25(37-20(2)33)18-26(38-21(3)34)11-10-22-14-24(29(35)27(16-22)36-5)15-23-12-13-31-28(17-23)32-19-30-4/h12,14,16-17,25-26,30-32,35H,6-11,13,15,18-19H2,1-5H3/t25-,26+/m0/s1. The van der Waals surface area contributed by atoms with Crippen molar-refractivity contribution in [3.63, 3.8) is 0 Å². The highest BCUT2D eigenvalue weighted by Gasteiger charge is 2.22. The number of unbranched alkanes of at least 4 members (excludes halogenated alkanes) is 2. The lowest BCUT2D eigenvalue weighted by atomic mass is 9.95. The molecule has 2 atom stereocenters. The van der Waals surface area contributed by atoms with Crippen molar-refractivity contribution < 1.29 is 28.9 Å². The molecule has 9 heteroatoms. The predicted octanol–water partition coefficient (Wildman–Crippen LogP) is 3.85. The summed E-state index contributed by atoms with van der Waals surface area (Å²) in [5.74, 6) is 0.764. The quantitative estimate of drug-likeness (QED) is 0.135. The van der Waals surface area contributed by atoms with Gasteiger partial charge in [-0.25, -0.2) is 0 Å². The Bertz CT molecular complexity index is 975. The third-order valence-corrected chi connectivity index (χ3v) is 6.35. The summed E-state index contributed by atoms with van der Waals surface area (Å²) in [6, 6.07) is 3.80. The first-order valence-corrected chi connectivity index (χ1v) is 13.5. The van der Waals surface area contributed by atoms with Crippen molar-refractivity contribution in [2.75, 3.05) is 27.4 Å². The lowest BCUT2D eigenvalue weighted by molar-refractivity contribution is -0.153. The molecular formula is C29H45N3O6. The van der Waals surface area contributed by atoms with Gasteiger partial charge >= 0.3 is 11.9 Å². The number of aromatic hydroxyl groups is 1. The van der Waals surface area contributed by atoms with Crippen LogP contribution in [-0.2, 0) is 31.9 Å². The van der Waals surface area contributed by atoms with E-state index in [1.807, 2.05) is 25.3 Å². The third-order valence-electron chi connectivity index (χ3n) is 6.35. The Hall–Kier alpha value is -3.20. The van der Waals surface area contributed by atoms with Gasteiger partial charge in [0.15, 0.2) is 11.5 Å². The van der Waals surface area contributed by atoms with Crippen LogP contribution in [0.1, 0.15) is 70.4 Å². The van der Waals surface area contributed by atoms with Gasteiger partial charge in [0.1, 0.15) is 18.0 Å². The van der Waals surface area contributed by atoms with Crippen molar-refractivity contribution in [2.24, 2.45) is 0 Å². The van der Waals surface area contributed by atoms with Crippen LogP contribution in [-0.4, -0.2) is 56.6 Å². The van der Waals surface area contributed by atoms with Crippen molar-refractivity contribution in [3.8, 4) is 11.5 Å². The number of carbonyl (C=O) groups excluding carboxylic acids is 2. The maximum atomic E-state index is 11.8. The second kappa shape index (κ2) is 16.6. The highest BCUT2D eigenvalue weighted by atomic mass is 16.6. The molecule has 4 N–H and O–H groups in total. The second-order valence-electron chi connectivity index (χ2n) is 9.64. The van der Waals surface area contributed by atoms with Gasteiger partial charge in [-0.05, 0) is 56.0 Å². The molecule has 1 aliphatic rings. The van der Waals surface area contributed by atoms with E-state index < -0.39 is 6.10 Å². The number of hydrogen-bond acceptors (Lipinski definition) is 9. The van der Waals surface area contributed by atoms with Crippen LogP contribution in [0.2, 0.25) is 0 Å². The molecule has 1 aromatic rings. The van der Waals surface area contributed by atoms with E-state index in [0.717, 1.165) is 48.2 Å². The Balaban J connectivity index is 2.16. The van der Waals surface area contributed by atoms with Crippen LogP contribution in [0.15, 0.2) is 35.7 Å². The summed E-state index contributed by atoms with van der Waals surface area (Å²) in [5, 5.41) is 20.4. The zero-order valence-corrected chi connectivity index (χ0v) is 23.5. The molecule has 0 aliphatic carbocycles. The minimum Gasteiger partial charge on any atom is -0.504 e. The van der Waals surface area contributed by atoms with Gasteiger partial charge in [-0.2, -0.15) is 0 Å². The highest BCUT2D eigenvalue weighted by molar-refractivity contribution is 5.66. The molecule has 0 spiro atoms. The molecular weight excluding hydrogens is 486 g/mol. The van der Waals surface area contributed by atoms with Crippen LogP contribution in [0.4, 0.5) is 0 Å². The number of rotatable bonds is 17. The molecule has 0 bridgehead atoms. The smallest absolute Gasteiger partial charge is 0.302 e. The number of nitrogens with one attached hydrogen (secondary N) is 3. The summed E-state index contributed by atoms with van der Waals surface area (Å²) in [4.78, 5) is 23.5. The van der Waals surface area contributed by atoms with E-state index in [2.05, 4.69) is 29.0 Å². The molecule has 38 heavy (non-hydrogen) atoms. The number of allylic oxidation sites excluding steroid dienone is 2. The van der Waals surface area contributed by atoms with Gasteiger partial charge in [-0.3, -0.25) is 9.59 Å². The highest BCUT2D eigenvalue weighted by Crippen LogP contribution is 2.34. The molecule has 0 saturated carbocycles. The monoisotopic (exact) mass is 531 g/mol. The Morgan fingerprint density at radius 3 is 2.45 bits per heavy atom. The largest absolute Gasteiger partial charge is 0.504 e. The number of ether oxygens (including phenoxy) is 3. The predicted molar refractivity (Wildman–Crippen MR) is 148 cm³/mol. The molecule has 0 aromatic heterocycles. The maximum Gasteiger partial charge on any atom is 0.302 e. The van der Waals surface area contributed by atoms with Gasteiger partial charge in [-0.1, -0.05) is 31.9 Å². The summed E-state index contributed by atoms with van der Waals surface area (Å²) in [6.07, 6.45) is 9.42. The van der Waals surface area contributed by atoms with Crippen LogP contribution in [0.3, 0.4) is 0 Å². The zero-order chi connectivity index (χ0) is 27.9. The van der Waals surface area contributed by atoms with E-state index in [0.29, 0.717) is 44.6 Å². The Labute approximate surface area is 227 Å². The summed E-state index contributed by atoms with van der Waals surface area (Å²) in [6.45, 7) is 6.26. The number of hydrogen-bond donors (Lipinski definition) is 4. The summed E-state index contributed by atoms with van der Waals surface area (Å²) in [7, 11) is 3.41. The molecule has 0 radical (unpaired) electrons. The number of esters is 2. The van der Waals surface area contributed by atoms with Crippen molar-refractivity contribution >= 4 is 11.9 Å². The van der Waals surface area contributed by atoms with E-state index in [1.165, 1.54) is 21.0 Å². The molecule has 1 aliphatic heterocycles. The number of dihydropyridines is 1. The van der Waals surface area contributed by atoms with Crippen molar-refractivity contribution in [1.29, 1.82) is 0 Å². The van der Waals surface area contributed by atoms with Gasteiger partial charge < -0.3 is 35.3 Å². The first-order valence-electron chi connectivity index (χ1n) is 13.5. The fourth-order valence-corrected chi connectivity index (χ4v) is 4.55. The molecule has 0 unspecified atom stereocenters. The zero-order valence-electron chi connectivity index (χ0n) is 23.5. The van der Waals surface area contributed by atoms with Crippen LogP contribution in [0.5, 0.6) is 11.5 Å². The van der Waals surface area contributed by atoms with Gasteiger partial charge in [0.2, 0.25) is 0 Å². The van der Waals surface area contributed by atoms with E-state index in [4.69, 9.17) is 14.2 Å². The van der Waals surface area contributed by atoms with Crippen molar-refractivity contribution in [1.82, 2.24) is 16.0 Å². The van der Waals surface area contributed by atoms with Crippen LogP contribution >= 0.6 is 0 Å². The van der Waals surface area contributed by atoms with Crippen molar-refractivity contribution in [2.45, 2.75) is 84.3 Å². The first-order chi connectivity index (χ1) is 18.2. The summed E-state index contributed by atoms with van der Waals surface area (Å²) >= 11 is 0. The van der Waals surface area contributed by atoms with Gasteiger partial charge in [0.05, 0.1) is 13.8 Å². The molecule has 2 rings (SSSR count). The summed E-state index contributed by atoms with van der Waals surface area (Å²) < 4.78 is 16.6. The average Bonchev–Trinajstić information content (AvgIpc) is 2.87. The van der Waals surface area contributed by atoms with Gasteiger partial charge in [0.25, 0.3) is 0 Å². The Morgan fingerprint density at radius 2 is 1.82 bits per heavy atom. The lowest BCUT2D eigenvalue weighted by Crippen LogP contribution is -2.34. The van der Waals surface area contributed by atoms with E-state index >= 15 is 0 Å². The van der Waals surface area contributed by atoms with E-state index in [1.54, 1.807) is 0 Å². The second-order valence-corrected chi connectivity index (χ2v) is 9.64. The number of phenolic OH excluding ortho intramolecular Hbond substituents is 1. The topological polar surface area (TPSA) is 118 Å². The fourth-order valence-electron chi connectivity index (χ4n) is 4.55. The maximum absolute atomic E-state index is 11.8. The van der Waals surface area contributed by atoms with Gasteiger partial charge in [0, 0.05) is 38.8 Å². The molecule has 212 valence electrons. The average molecular weight is 532 g/mol. The minimum atomic E-state index is -0.391. The van der Waals surface area contributed by atoms with Gasteiger partial charge in [-0.15, -0.1) is 0 Å². The normalized spacial score (nSPS) is 14.4. The summed E-state index contributed by atoms with van der Waals surface area (Å²) in [5.41, 5.74) is 2.80. The van der Waals surface area contributed by atoms with Crippen LogP contribution < -0.4 is 20.7 Å². The molecule has 1 aromatic carbocycles. The molecule has 1 heterocycles. The van der Waals surface area contributed by atoms with Crippen LogP contribution in [0, 0.1) is 0 Å². The van der Waals surface area contributed by atoms with Crippen LogP contribution in [0.25, 0.3) is 0 Å². The lowest BCUT2D eigenvalue weighted by Gasteiger charge is -2.24. The first kappa shape index (κ1) is 31.0. The Kier molecular flexibility index (Phi) is 13.6.